The fourth-order valence-electron chi connectivity index (χ4n) is 3.99. The number of halogens is 1. The van der Waals surface area contributed by atoms with Crippen LogP contribution in [0.2, 0.25) is 5.02 Å². The van der Waals surface area contributed by atoms with Crippen molar-refractivity contribution in [3.05, 3.63) is 64.9 Å². The number of phenols is 1. The second-order valence-electron chi connectivity index (χ2n) is 7.90. The van der Waals surface area contributed by atoms with Crippen LogP contribution >= 0.6 is 11.6 Å². The number of aryl methyl sites for hydroxylation is 1. The van der Waals surface area contributed by atoms with Crippen molar-refractivity contribution >= 4 is 23.2 Å². The van der Waals surface area contributed by atoms with Crippen LogP contribution in [-0.2, 0) is 0 Å². The van der Waals surface area contributed by atoms with Crippen LogP contribution in [0.25, 0.3) is 11.3 Å². The van der Waals surface area contributed by atoms with Crippen molar-refractivity contribution in [3.8, 4) is 17.0 Å². The minimum absolute atomic E-state index is 0.163. The molecule has 168 valence electrons. The fourth-order valence-corrected chi connectivity index (χ4v) is 4.15. The number of carbonyl (C=O) groups is 1. The van der Waals surface area contributed by atoms with Gasteiger partial charge in [-0.05, 0) is 38.1 Å². The zero-order valence-corrected chi connectivity index (χ0v) is 18.8. The van der Waals surface area contributed by atoms with E-state index in [4.69, 9.17) is 16.1 Å². The fraction of sp³-hybridized carbons (Fsp3) is 0.333. The Bertz CT molecular complexity index is 1060. The van der Waals surface area contributed by atoms with E-state index in [1.54, 1.807) is 25.1 Å². The third kappa shape index (κ3) is 5.06. The highest BCUT2D eigenvalue weighted by Gasteiger charge is 2.22. The predicted octanol–water partition coefficient (Wildman–Crippen LogP) is 3.95. The first-order valence-electron chi connectivity index (χ1n) is 10.8. The Balaban J connectivity index is 1.24. The van der Waals surface area contributed by atoms with E-state index < -0.39 is 0 Å². The first-order valence-corrected chi connectivity index (χ1v) is 11.2. The SMILES string of the molecule is Cc1onc(-c2ccccc2)c1C(=O)NCCCN1CCN(c2cc(Cl)ccc2O)CC1. The molecule has 1 fully saturated rings. The summed E-state index contributed by atoms with van der Waals surface area (Å²) in [5.74, 6) is 0.607. The minimum Gasteiger partial charge on any atom is -0.506 e. The molecule has 1 saturated heterocycles. The molecule has 7 nitrogen and oxygen atoms in total. The van der Waals surface area contributed by atoms with Gasteiger partial charge in [-0.3, -0.25) is 9.69 Å². The molecular weight excluding hydrogens is 428 g/mol. The van der Waals surface area contributed by atoms with Crippen LogP contribution in [0.5, 0.6) is 5.75 Å². The molecule has 2 aromatic carbocycles. The van der Waals surface area contributed by atoms with Crippen LogP contribution in [0, 0.1) is 6.92 Å². The molecule has 1 aliphatic heterocycles. The number of hydrogen-bond acceptors (Lipinski definition) is 6. The zero-order chi connectivity index (χ0) is 22.5. The van der Waals surface area contributed by atoms with Crippen LogP contribution in [0.1, 0.15) is 22.5 Å². The summed E-state index contributed by atoms with van der Waals surface area (Å²) >= 11 is 6.07. The van der Waals surface area contributed by atoms with Gasteiger partial charge in [0.05, 0.1) is 5.69 Å². The van der Waals surface area contributed by atoms with Crippen molar-refractivity contribution in [3.63, 3.8) is 0 Å². The largest absolute Gasteiger partial charge is 0.506 e. The number of piperazine rings is 1. The average molecular weight is 455 g/mol. The summed E-state index contributed by atoms with van der Waals surface area (Å²) in [7, 11) is 0. The Morgan fingerprint density at radius 1 is 1.16 bits per heavy atom. The Hall–Kier alpha value is -3.03. The van der Waals surface area contributed by atoms with E-state index in [1.165, 1.54) is 0 Å². The summed E-state index contributed by atoms with van der Waals surface area (Å²) in [6, 6.07) is 14.7. The lowest BCUT2D eigenvalue weighted by atomic mass is 10.1. The number of nitrogens with zero attached hydrogens (tertiary/aromatic N) is 3. The van der Waals surface area contributed by atoms with Gasteiger partial charge in [0.15, 0.2) is 0 Å². The number of carbonyl (C=O) groups excluding carboxylic acids is 1. The predicted molar refractivity (Wildman–Crippen MR) is 125 cm³/mol. The van der Waals surface area contributed by atoms with Crippen molar-refractivity contribution in [2.75, 3.05) is 44.2 Å². The summed E-state index contributed by atoms with van der Waals surface area (Å²) in [6.45, 7) is 6.65. The molecule has 1 amide bonds. The molecule has 32 heavy (non-hydrogen) atoms. The van der Waals surface area contributed by atoms with Gasteiger partial charge in [0.1, 0.15) is 22.8 Å². The van der Waals surface area contributed by atoms with E-state index in [1.807, 2.05) is 30.3 Å². The highest BCUT2D eigenvalue weighted by Crippen LogP contribution is 2.31. The lowest BCUT2D eigenvalue weighted by Crippen LogP contribution is -2.47. The van der Waals surface area contributed by atoms with Gasteiger partial charge in [-0.1, -0.05) is 47.1 Å². The van der Waals surface area contributed by atoms with Crippen LogP contribution in [-0.4, -0.2) is 60.3 Å². The molecule has 3 aromatic rings. The molecule has 4 rings (SSSR count). The summed E-state index contributed by atoms with van der Waals surface area (Å²) in [5, 5.41) is 17.8. The molecule has 0 bridgehead atoms. The topological polar surface area (TPSA) is 81.8 Å². The number of aromatic nitrogens is 1. The Morgan fingerprint density at radius 3 is 2.66 bits per heavy atom. The molecule has 1 aliphatic rings. The third-order valence-corrected chi connectivity index (χ3v) is 5.96. The highest BCUT2D eigenvalue weighted by atomic mass is 35.5. The van der Waals surface area contributed by atoms with Crippen LogP contribution in [0.4, 0.5) is 5.69 Å². The number of anilines is 1. The van der Waals surface area contributed by atoms with Gasteiger partial charge in [-0.15, -0.1) is 0 Å². The van der Waals surface area contributed by atoms with Gasteiger partial charge in [0.25, 0.3) is 5.91 Å². The Labute approximate surface area is 192 Å². The van der Waals surface area contributed by atoms with E-state index in [0.717, 1.165) is 50.4 Å². The maximum absolute atomic E-state index is 12.8. The van der Waals surface area contributed by atoms with Gasteiger partial charge in [0, 0.05) is 43.3 Å². The van der Waals surface area contributed by atoms with Gasteiger partial charge >= 0.3 is 0 Å². The van der Waals surface area contributed by atoms with Gasteiger partial charge in [-0.2, -0.15) is 0 Å². The number of phenolic OH excluding ortho intramolecular Hbond substituents is 1. The maximum atomic E-state index is 12.8. The standard InChI is InChI=1S/C24H27ClN4O3/c1-17-22(23(27-32-17)18-6-3-2-4-7-18)24(31)26-10-5-11-28-12-14-29(15-13-28)20-16-19(25)8-9-21(20)30/h2-4,6-9,16,30H,5,10-15H2,1H3,(H,26,31). The van der Waals surface area contributed by atoms with Crippen molar-refractivity contribution in [2.45, 2.75) is 13.3 Å². The minimum atomic E-state index is -0.163. The van der Waals surface area contributed by atoms with E-state index >= 15 is 0 Å². The van der Waals surface area contributed by atoms with Crippen LogP contribution < -0.4 is 10.2 Å². The molecular formula is C24H27ClN4O3. The second kappa shape index (κ2) is 10.1. The second-order valence-corrected chi connectivity index (χ2v) is 8.34. The van der Waals surface area contributed by atoms with E-state index in [9.17, 15) is 9.90 Å². The van der Waals surface area contributed by atoms with Crippen LogP contribution in [0.3, 0.4) is 0 Å². The van der Waals surface area contributed by atoms with Gasteiger partial charge in [0.2, 0.25) is 0 Å². The molecule has 0 radical (unpaired) electrons. The molecule has 2 heterocycles. The molecule has 8 heteroatoms. The number of aromatic hydroxyl groups is 1. The summed E-state index contributed by atoms with van der Waals surface area (Å²) < 4.78 is 5.29. The van der Waals surface area contributed by atoms with E-state index in [-0.39, 0.29) is 11.7 Å². The maximum Gasteiger partial charge on any atom is 0.257 e. The Morgan fingerprint density at radius 2 is 1.91 bits per heavy atom. The number of benzene rings is 2. The van der Waals surface area contributed by atoms with Crippen LogP contribution in [0.15, 0.2) is 53.1 Å². The summed E-state index contributed by atoms with van der Waals surface area (Å²) in [4.78, 5) is 17.3. The lowest BCUT2D eigenvalue weighted by Gasteiger charge is -2.36. The molecule has 1 aromatic heterocycles. The van der Waals surface area contributed by atoms with Gasteiger partial charge < -0.3 is 19.8 Å². The molecule has 0 unspecified atom stereocenters. The first kappa shape index (κ1) is 22.2. The Kier molecular flexibility index (Phi) is 6.97. The van der Waals surface area contributed by atoms with Crippen molar-refractivity contribution in [2.24, 2.45) is 0 Å². The number of amides is 1. The monoisotopic (exact) mass is 454 g/mol. The molecule has 2 N–H and O–H groups in total. The molecule has 0 aliphatic carbocycles. The number of nitrogens with one attached hydrogen (secondary N) is 1. The summed E-state index contributed by atoms with van der Waals surface area (Å²) in [6.07, 6.45) is 0.846. The van der Waals surface area contributed by atoms with Crippen molar-refractivity contribution < 1.29 is 14.4 Å². The smallest absolute Gasteiger partial charge is 0.257 e. The summed E-state index contributed by atoms with van der Waals surface area (Å²) in [5.41, 5.74) is 2.70. The normalized spacial score (nSPS) is 14.5. The number of hydrogen-bond donors (Lipinski definition) is 2. The lowest BCUT2D eigenvalue weighted by molar-refractivity contribution is 0.0950. The van der Waals surface area contributed by atoms with E-state index in [0.29, 0.717) is 28.6 Å². The first-order chi connectivity index (χ1) is 15.5. The van der Waals surface area contributed by atoms with Gasteiger partial charge in [-0.25, -0.2) is 0 Å². The molecule has 0 saturated carbocycles. The third-order valence-electron chi connectivity index (χ3n) is 5.72. The van der Waals surface area contributed by atoms with Crippen molar-refractivity contribution in [1.82, 2.24) is 15.4 Å². The van der Waals surface area contributed by atoms with Crippen molar-refractivity contribution in [1.29, 1.82) is 0 Å². The highest BCUT2D eigenvalue weighted by molar-refractivity contribution is 6.30. The molecule has 0 spiro atoms. The molecule has 0 atom stereocenters. The quantitative estimate of drug-likeness (QED) is 0.526. The average Bonchev–Trinajstić information content (AvgIpc) is 3.21. The van der Waals surface area contributed by atoms with E-state index in [2.05, 4.69) is 20.3 Å². The number of rotatable bonds is 7. The zero-order valence-electron chi connectivity index (χ0n) is 18.1.